The lowest BCUT2D eigenvalue weighted by atomic mass is 9.64. The van der Waals surface area contributed by atoms with Crippen LogP contribution < -0.4 is 38.2 Å². The van der Waals surface area contributed by atoms with Crippen molar-refractivity contribution >= 4 is 168 Å². The smallest absolute Gasteiger partial charge is 0.141 e. The molecule has 12 aromatic rings. The highest BCUT2D eigenvalue weighted by Gasteiger charge is 2.26. The first-order chi connectivity index (χ1) is 31.2. The number of aromatic nitrogens is 2. The Bertz CT molecular complexity index is 3910. The van der Waals surface area contributed by atoms with E-state index >= 15 is 0 Å². The normalized spacial score (nSPS) is 11.9. The van der Waals surface area contributed by atoms with Crippen LogP contribution in [0.4, 0.5) is 0 Å². The average molecular weight is 826 g/mol. The van der Waals surface area contributed by atoms with Gasteiger partial charge in [-0.25, -0.2) is 0 Å². The van der Waals surface area contributed by atoms with Gasteiger partial charge in [-0.1, -0.05) is 154 Å². The van der Waals surface area contributed by atoms with Crippen molar-refractivity contribution in [3.63, 3.8) is 0 Å². The maximum Gasteiger partial charge on any atom is 0.141 e. The molecular formula is C54H41B7N2S. The van der Waals surface area contributed by atoms with Gasteiger partial charge in [0.1, 0.15) is 54.9 Å². The molecule has 0 fully saturated rings. The summed E-state index contributed by atoms with van der Waals surface area (Å²) in [5.41, 5.74) is 24.3. The summed E-state index contributed by atoms with van der Waals surface area (Å²) >= 11 is 1.89. The quantitative estimate of drug-likeness (QED) is 0.237. The van der Waals surface area contributed by atoms with Crippen molar-refractivity contribution in [1.82, 2.24) is 9.13 Å². The lowest BCUT2D eigenvalue weighted by Crippen LogP contribution is -2.48. The summed E-state index contributed by atoms with van der Waals surface area (Å²) in [5, 5.41) is 7.90. The molecule has 64 heavy (non-hydrogen) atoms. The first-order valence-corrected chi connectivity index (χ1v) is 23.3. The van der Waals surface area contributed by atoms with Crippen molar-refractivity contribution in [2.24, 2.45) is 0 Å². The molecule has 0 spiro atoms. The van der Waals surface area contributed by atoms with Crippen molar-refractivity contribution in [3.05, 3.63) is 164 Å². The second kappa shape index (κ2) is 14.7. The molecule has 12 rings (SSSR count). The van der Waals surface area contributed by atoms with Crippen LogP contribution >= 0.6 is 11.3 Å². The van der Waals surface area contributed by atoms with Gasteiger partial charge in [0.15, 0.2) is 0 Å². The Morgan fingerprint density at radius 1 is 0.328 bits per heavy atom. The van der Waals surface area contributed by atoms with Gasteiger partial charge < -0.3 is 9.13 Å². The number of rotatable bonds is 5. The fourth-order valence-electron chi connectivity index (χ4n) is 11.0. The summed E-state index contributed by atoms with van der Waals surface area (Å²) in [6, 6.07) is 60.6. The third-order valence-electron chi connectivity index (χ3n) is 14.6. The fourth-order valence-corrected chi connectivity index (χ4v) is 12.2. The van der Waals surface area contributed by atoms with Crippen molar-refractivity contribution in [3.8, 4) is 44.8 Å². The maximum atomic E-state index is 2.60. The molecular weight excluding hydrogens is 784 g/mol. The van der Waals surface area contributed by atoms with Crippen LogP contribution in [0.1, 0.15) is 0 Å². The highest BCUT2D eigenvalue weighted by Crippen LogP contribution is 2.41. The Labute approximate surface area is 383 Å². The van der Waals surface area contributed by atoms with Gasteiger partial charge in [-0.3, -0.25) is 0 Å². The van der Waals surface area contributed by atoms with Gasteiger partial charge in [-0.05, 0) is 75.7 Å². The molecule has 0 aliphatic carbocycles. The zero-order valence-electron chi connectivity index (χ0n) is 37.4. The number of benzene rings is 9. The summed E-state index contributed by atoms with van der Waals surface area (Å²) < 4.78 is 7.75. The van der Waals surface area contributed by atoms with E-state index in [0.717, 1.165) is 5.69 Å². The number of para-hydroxylation sites is 1. The number of hydrogen-bond donors (Lipinski definition) is 0. The van der Waals surface area contributed by atoms with E-state index in [-0.39, 0.29) is 0 Å². The van der Waals surface area contributed by atoms with Gasteiger partial charge in [-0.15, -0.1) is 16.8 Å². The number of hydrogen-bond acceptors (Lipinski definition) is 1. The standard InChI is InChI=1S/C54H41B7N2S/c55-45-42(46(56)50(60)53-43(45)44-47(57)48(58)49(59)51(61)54(44)63(53)33-23-24-36-35-14-7-8-17-40(35)64-41(36)27-33)31-20-25-39-38(26-31)37-16-9-15-34(30-12-5-2-6-13-30)52(37)62(39)32-21-18-29(19-22-32)28-10-3-1-4-11-28/h1-27H,55-61H2. The molecule has 10 heteroatoms. The molecule has 3 heterocycles. The Kier molecular flexibility index (Phi) is 8.91. The van der Waals surface area contributed by atoms with Crippen molar-refractivity contribution in [1.29, 1.82) is 0 Å². The lowest BCUT2D eigenvalue weighted by molar-refractivity contribution is 1.18. The van der Waals surface area contributed by atoms with Crippen LogP contribution in [0.2, 0.25) is 0 Å². The first-order valence-electron chi connectivity index (χ1n) is 22.4. The molecule has 0 unspecified atom stereocenters. The van der Waals surface area contributed by atoms with Crippen molar-refractivity contribution in [2.75, 3.05) is 0 Å². The van der Waals surface area contributed by atoms with Crippen LogP contribution in [0.5, 0.6) is 0 Å². The molecule has 0 atom stereocenters. The molecule has 294 valence electrons. The van der Waals surface area contributed by atoms with Gasteiger partial charge in [0.05, 0.1) is 11.0 Å². The Hall–Kier alpha value is -6.75. The Balaban J connectivity index is 1.12. The molecule has 0 N–H and O–H groups in total. The SMILES string of the molecule is Bc1c(B)c(B)c2c(c1B)c1c(B)c(-c3ccc4c(c3)c3cccc(-c5ccccc5)c3n4-c3ccc(-c4ccccc4)cc3)c(B)c(B)c1n2-c1ccc2c(c1)sc1ccccc12. The summed E-state index contributed by atoms with van der Waals surface area (Å²) in [4.78, 5) is 0. The highest BCUT2D eigenvalue weighted by atomic mass is 32.1. The van der Waals surface area contributed by atoms with E-state index in [0.29, 0.717) is 0 Å². The fraction of sp³-hybridized carbons (Fsp3) is 0. The molecule has 0 amide bonds. The minimum atomic E-state index is 1.15. The van der Waals surface area contributed by atoms with Crippen molar-refractivity contribution < 1.29 is 0 Å². The van der Waals surface area contributed by atoms with Crippen molar-refractivity contribution in [2.45, 2.75) is 0 Å². The van der Waals surface area contributed by atoms with Crippen LogP contribution in [0.3, 0.4) is 0 Å². The third kappa shape index (κ3) is 5.61. The molecule has 3 aromatic heterocycles. The zero-order chi connectivity index (χ0) is 43.5. The third-order valence-corrected chi connectivity index (χ3v) is 15.8. The summed E-state index contributed by atoms with van der Waals surface area (Å²) in [7, 11) is 16.4. The Morgan fingerprint density at radius 2 is 0.906 bits per heavy atom. The number of nitrogens with zero attached hydrogens (tertiary/aromatic N) is 2. The predicted molar refractivity (Wildman–Crippen MR) is 302 cm³/mol. The van der Waals surface area contributed by atoms with Crippen LogP contribution in [0.15, 0.2) is 164 Å². The van der Waals surface area contributed by atoms with Gasteiger partial charge in [-0.2, -0.15) is 0 Å². The van der Waals surface area contributed by atoms with E-state index in [1.165, 1.54) is 141 Å². The molecule has 0 aliphatic rings. The molecule has 0 radical (unpaired) electrons. The minimum absolute atomic E-state index is 1.15. The largest absolute Gasteiger partial charge is 0.310 e. The van der Waals surface area contributed by atoms with Gasteiger partial charge in [0.25, 0.3) is 0 Å². The van der Waals surface area contributed by atoms with E-state index in [4.69, 9.17) is 0 Å². The van der Waals surface area contributed by atoms with E-state index < -0.39 is 0 Å². The van der Waals surface area contributed by atoms with Crippen LogP contribution in [-0.4, -0.2) is 64.1 Å². The summed E-state index contributed by atoms with van der Waals surface area (Å²) in [6.45, 7) is 0. The van der Waals surface area contributed by atoms with E-state index in [1.807, 2.05) is 11.3 Å². The molecule has 2 nitrogen and oxygen atoms in total. The molecule has 0 saturated heterocycles. The highest BCUT2D eigenvalue weighted by molar-refractivity contribution is 7.25. The second-order valence-electron chi connectivity index (χ2n) is 17.9. The monoisotopic (exact) mass is 826 g/mol. The van der Waals surface area contributed by atoms with Crippen LogP contribution in [-0.2, 0) is 0 Å². The van der Waals surface area contributed by atoms with Gasteiger partial charge >= 0.3 is 0 Å². The van der Waals surface area contributed by atoms with E-state index in [2.05, 4.69) is 228 Å². The average Bonchev–Trinajstić information content (AvgIpc) is 4.01. The van der Waals surface area contributed by atoms with Gasteiger partial charge in [0.2, 0.25) is 0 Å². The minimum Gasteiger partial charge on any atom is -0.310 e. The predicted octanol–water partition coefficient (Wildman–Crippen LogP) is 3.06. The van der Waals surface area contributed by atoms with E-state index in [1.54, 1.807) is 0 Å². The second-order valence-corrected chi connectivity index (χ2v) is 18.9. The summed E-state index contributed by atoms with van der Waals surface area (Å²) in [5.74, 6) is 0. The summed E-state index contributed by atoms with van der Waals surface area (Å²) in [6.07, 6.45) is 0. The molecule has 0 aliphatic heterocycles. The number of fused-ring (bicyclic) bond motifs is 9. The molecule has 9 aromatic carbocycles. The lowest BCUT2D eigenvalue weighted by Gasteiger charge is -2.19. The number of thiophene rings is 1. The van der Waals surface area contributed by atoms with E-state index in [9.17, 15) is 0 Å². The molecule has 0 bridgehead atoms. The topological polar surface area (TPSA) is 9.86 Å². The first kappa shape index (κ1) is 38.9. The van der Waals surface area contributed by atoms with Crippen LogP contribution in [0.25, 0.3) is 109 Å². The Morgan fingerprint density at radius 3 is 1.66 bits per heavy atom. The van der Waals surface area contributed by atoms with Gasteiger partial charge in [0, 0.05) is 64.3 Å². The zero-order valence-corrected chi connectivity index (χ0v) is 38.2. The maximum absolute atomic E-state index is 2.60. The molecule has 0 saturated carbocycles. The van der Waals surface area contributed by atoms with Crippen LogP contribution in [0, 0.1) is 0 Å².